The smallest absolute Gasteiger partial charge is 0.228 e. The van der Waals surface area contributed by atoms with Gasteiger partial charge in [0.15, 0.2) is 0 Å². The van der Waals surface area contributed by atoms with Gasteiger partial charge in [0.1, 0.15) is 12.4 Å². The number of amides is 1. The summed E-state index contributed by atoms with van der Waals surface area (Å²) in [6.45, 7) is 3.03. The summed E-state index contributed by atoms with van der Waals surface area (Å²) in [7, 11) is 0. The van der Waals surface area contributed by atoms with E-state index in [0.717, 1.165) is 60.1 Å². The molecular weight excluding hydrogens is 408 g/mol. The highest BCUT2D eigenvalue weighted by Gasteiger charge is 2.26. The average Bonchev–Trinajstić information content (AvgIpc) is 2.81. The van der Waals surface area contributed by atoms with Gasteiger partial charge in [-0.25, -0.2) is 0 Å². The molecule has 1 saturated heterocycles. The summed E-state index contributed by atoms with van der Waals surface area (Å²) in [4.78, 5) is 15.1. The lowest BCUT2D eigenvalue weighted by molar-refractivity contribution is -0.121. The van der Waals surface area contributed by atoms with Gasteiger partial charge in [-0.3, -0.25) is 9.69 Å². The van der Waals surface area contributed by atoms with Gasteiger partial charge < -0.3 is 10.1 Å². The van der Waals surface area contributed by atoms with Crippen molar-refractivity contribution in [3.63, 3.8) is 0 Å². The Bertz CT molecular complexity index is 992. The van der Waals surface area contributed by atoms with Crippen LogP contribution in [-0.4, -0.2) is 23.9 Å². The highest BCUT2D eigenvalue weighted by Crippen LogP contribution is 2.24. The van der Waals surface area contributed by atoms with E-state index in [1.54, 1.807) is 0 Å². The number of nitrogens with zero attached hydrogens (tertiary/aromatic N) is 1. The van der Waals surface area contributed by atoms with Crippen LogP contribution >= 0.6 is 11.6 Å². The topological polar surface area (TPSA) is 41.6 Å². The molecule has 3 aromatic carbocycles. The molecule has 1 amide bonds. The normalized spacial score (nSPS) is 16.6. The standard InChI is InChI=1S/C26H27ClN2O2/c27-25-11-5-4-9-21(25)17-29-16-6-10-22(18-29)26(30)28-23-12-14-24(15-13-23)31-19-20-7-2-1-3-8-20/h1-5,7-9,11-15,22H,6,10,16-19H2,(H,28,30)/t22-/m1/s1. The number of carbonyl (C=O) groups excluding carboxylic acids is 1. The Labute approximate surface area is 188 Å². The van der Waals surface area contributed by atoms with Crippen molar-refractivity contribution in [2.45, 2.75) is 26.0 Å². The average molecular weight is 435 g/mol. The largest absolute Gasteiger partial charge is 0.489 e. The Kier molecular flexibility index (Phi) is 7.23. The van der Waals surface area contributed by atoms with Gasteiger partial charge in [-0.1, -0.05) is 60.1 Å². The Morgan fingerprint density at radius 1 is 1.00 bits per heavy atom. The molecule has 1 heterocycles. The van der Waals surface area contributed by atoms with Crippen LogP contribution in [0.15, 0.2) is 78.9 Å². The van der Waals surface area contributed by atoms with Crippen LogP contribution < -0.4 is 10.1 Å². The van der Waals surface area contributed by atoms with E-state index in [4.69, 9.17) is 16.3 Å². The number of halogens is 1. The molecule has 3 aromatic rings. The number of benzene rings is 3. The predicted octanol–water partition coefficient (Wildman–Crippen LogP) is 5.77. The summed E-state index contributed by atoms with van der Waals surface area (Å²) in [5.74, 6) is 0.831. The van der Waals surface area contributed by atoms with E-state index < -0.39 is 0 Å². The molecule has 1 aliphatic heterocycles. The molecular formula is C26H27ClN2O2. The molecule has 160 valence electrons. The summed E-state index contributed by atoms with van der Waals surface area (Å²) >= 11 is 6.30. The van der Waals surface area contributed by atoms with Crippen LogP contribution in [0.4, 0.5) is 5.69 Å². The van der Waals surface area contributed by atoms with Gasteiger partial charge in [-0.2, -0.15) is 0 Å². The summed E-state index contributed by atoms with van der Waals surface area (Å²) < 4.78 is 5.82. The number of anilines is 1. The van der Waals surface area contributed by atoms with Crippen molar-refractivity contribution in [1.29, 1.82) is 0 Å². The van der Waals surface area contributed by atoms with Crippen molar-refractivity contribution >= 4 is 23.2 Å². The van der Waals surface area contributed by atoms with Gasteiger partial charge in [-0.15, -0.1) is 0 Å². The first-order chi connectivity index (χ1) is 15.2. The van der Waals surface area contributed by atoms with E-state index in [2.05, 4.69) is 10.2 Å². The minimum absolute atomic E-state index is 0.0229. The van der Waals surface area contributed by atoms with Gasteiger partial charge in [0.25, 0.3) is 0 Å². The summed E-state index contributed by atoms with van der Waals surface area (Å²) in [6, 6.07) is 25.5. The molecule has 0 bridgehead atoms. The third kappa shape index (κ3) is 6.09. The Morgan fingerprint density at radius 3 is 2.52 bits per heavy atom. The van der Waals surface area contributed by atoms with Crippen LogP contribution in [0.25, 0.3) is 0 Å². The predicted molar refractivity (Wildman–Crippen MR) is 125 cm³/mol. The number of hydrogen-bond donors (Lipinski definition) is 1. The molecule has 5 heteroatoms. The molecule has 1 aliphatic rings. The first-order valence-electron chi connectivity index (χ1n) is 10.7. The molecule has 4 nitrogen and oxygen atoms in total. The number of nitrogens with one attached hydrogen (secondary N) is 1. The van der Waals surface area contributed by atoms with E-state index in [9.17, 15) is 4.79 Å². The molecule has 0 aliphatic carbocycles. The van der Waals surface area contributed by atoms with Gasteiger partial charge in [-0.05, 0) is 60.8 Å². The monoisotopic (exact) mass is 434 g/mol. The van der Waals surface area contributed by atoms with E-state index in [-0.39, 0.29) is 11.8 Å². The lowest BCUT2D eigenvalue weighted by atomic mass is 9.96. The number of ether oxygens (including phenoxy) is 1. The van der Waals surface area contributed by atoms with Crippen LogP contribution in [0, 0.1) is 5.92 Å². The van der Waals surface area contributed by atoms with Crippen molar-refractivity contribution in [3.05, 3.63) is 95.0 Å². The fourth-order valence-electron chi connectivity index (χ4n) is 3.90. The molecule has 4 rings (SSSR count). The maximum absolute atomic E-state index is 12.8. The van der Waals surface area contributed by atoms with Crippen LogP contribution in [0.3, 0.4) is 0 Å². The number of rotatable bonds is 7. The van der Waals surface area contributed by atoms with Crippen molar-refractivity contribution in [3.8, 4) is 5.75 Å². The SMILES string of the molecule is O=C(Nc1ccc(OCc2ccccc2)cc1)[C@@H]1CCCN(Cc2ccccc2Cl)C1. The second-order valence-electron chi connectivity index (χ2n) is 7.95. The number of hydrogen-bond acceptors (Lipinski definition) is 3. The first kappa shape index (κ1) is 21.4. The Balaban J connectivity index is 1.28. The molecule has 31 heavy (non-hydrogen) atoms. The zero-order valence-corrected chi connectivity index (χ0v) is 18.2. The van der Waals surface area contributed by atoms with Crippen LogP contribution in [0.5, 0.6) is 5.75 Å². The quantitative estimate of drug-likeness (QED) is 0.513. The van der Waals surface area contributed by atoms with Crippen LogP contribution in [-0.2, 0) is 17.9 Å². The molecule has 0 unspecified atom stereocenters. The summed E-state index contributed by atoms with van der Waals surface area (Å²) in [6.07, 6.45) is 1.91. The van der Waals surface area contributed by atoms with E-state index >= 15 is 0 Å². The maximum Gasteiger partial charge on any atom is 0.228 e. The molecule has 1 fully saturated rings. The summed E-state index contributed by atoms with van der Waals surface area (Å²) in [5, 5.41) is 3.84. The number of carbonyl (C=O) groups is 1. The fraction of sp³-hybridized carbons (Fsp3) is 0.269. The number of piperidine rings is 1. The van der Waals surface area contributed by atoms with Gasteiger partial charge in [0.05, 0.1) is 5.92 Å². The third-order valence-electron chi connectivity index (χ3n) is 5.60. The van der Waals surface area contributed by atoms with Crippen molar-refractivity contribution in [2.24, 2.45) is 5.92 Å². The van der Waals surface area contributed by atoms with E-state index in [0.29, 0.717) is 6.61 Å². The maximum atomic E-state index is 12.8. The molecule has 1 atom stereocenters. The highest BCUT2D eigenvalue weighted by atomic mass is 35.5. The summed E-state index contributed by atoms with van der Waals surface area (Å²) in [5.41, 5.74) is 3.02. The fourth-order valence-corrected chi connectivity index (χ4v) is 4.10. The molecule has 1 N–H and O–H groups in total. The zero-order chi connectivity index (χ0) is 21.5. The second-order valence-corrected chi connectivity index (χ2v) is 8.36. The lowest BCUT2D eigenvalue weighted by Crippen LogP contribution is -2.40. The Hall–Kier alpha value is -2.82. The minimum Gasteiger partial charge on any atom is -0.489 e. The third-order valence-corrected chi connectivity index (χ3v) is 5.97. The van der Waals surface area contributed by atoms with Crippen LogP contribution in [0.2, 0.25) is 5.02 Å². The highest BCUT2D eigenvalue weighted by molar-refractivity contribution is 6.31. The number of likely N-dealkylation sites (tertiary alicyclic amines) is 1. The van der Waals surface area contributed by atoms with Crippen molar-refractivity contribution in [2.75, 3.05) is 18.4 Å². The molecule has 0 spiro atoms. The van der Waals surface area contributed by atoms with E-state index in [1.807, 2.05) is 78.9 Å². The van der Waals surface area contributed by atoms with Crippen molar-refractivity contribution < 1.29 is 9.53 Å². The zero-order valence-electron chi connectivity index (χ0n) is 17.5. The van der Waals surface area contributed by atoms with Gasteiger partial charge in [0, 0.05) is 23.8 Å². The van der Waals surface area contributed by atoms with Gasteiger partial charge >= 0.3 is 0 Å². The minimum atomic E-state index is -0.0229. The second kappa shape index (κ2) is 10.5. The Morgan fingerprint density at radius 2 is 1.74 bits per heavy atom. The van der Waals surface area contributed by atoms with Crippen LogP contribution in [0.1, 0.15) is 24.0 Å². The van der Waals surface area contributed by atoms with E-state index in [1.165, 1.54) is 0 Å². The first-order valence-corrected chi connectivity index (χ1v) is 11.1. The lowest BCUT2D eigenvalue weighted by Gasteiger charge is -2.32. The molecule has 0 saturated carbocycles. The molecule has 0 aromatic heterocycles. The van der Waals surface area contributed by atoms with Gasteiger partial charge in [0.2, 0.25) is 5.91 Å². The molecule has 0 radical (unpaired) electrons. The van der Waals surface area contributed by atoms with Crippen molar-refractivity contribution in [1.82, 2.24) is 4.90 Å².